The normalized spacial score (nSPS) is 11.2. The van der Waals surface area contributed by atoms with Crippen molar-refractivity contribution in [1.82, 2.24) is 10.4 Å². The third kappa shape index (κ3) is 24.0. The zero-order chi connectivity index (χ0) is 53.4. The smallest absolute Gasteiger partial charge is 0.508 e. The fraction of sp³-hybridized carbons (Fsp3) is 0.148. The number of ether oxygens (including phenoxy) is 4. The van der Waals surface area contributed by atoms with E-state index in [9.17, 15) is 38.4 Å². The van der Waals surface area contributed by atoms with Gasteiger partial charge in [0.1, 0.15) is 30.5 Å². The summed E-state index contributed by atoms with van der Waals surface area (Å²) in [6.45, 7) is 0.485. The molecule has 23 heteroatoms. The number of carbonyl (C=O) groups is 8. The number of benzene rings is 6. The second-order valence-electron chi connectivity index (χ2n) is 15.5. The predicted octanol–water partition coefficient (Wildman–Crippen LogP) is 8.89. The number of aliphatic carboxylic acids is 1. The average molecular weight is 1210 g/mol. The Balaban J connectivity index is 0.000000397. The van der Waals surface area contributed by atoms with Crippen LogP contribution in [0.1, 0.15) is 46.2 Å². The molecule has 1 fully saturated rings. The van der Waals surface area contributed by atoms with Crippen LogP contribution in [0.2, 0.25) is 10.0 Å². The number of aromatic hydroxyl groups is 1. The summed E-state index contributed by atoms with van der Waals surface area (Å²) in [5, 5.41) is 21.1. The van der Waals surface area contributed by atoms with Crippen LogP contribution in [0.5, 0.6) is 17.2 Å². The molecule has 4 amide bonds. The number of rotatable bonds is 15. The second kappa shape index (κ2) is 33.7. The summed E-state index contributed by atoms with van der Waals surface area (Å²) in [6, 6.07) is 42.2. The number of phenolic OH excluding ortho intramolecular Hbond substituents is 1. The van der Waals surface area contributed by atoms with Crippen LogP contribution < -0.4 is 20.5 Å². The number of hydroxylamine groups is 2. The standard InChI is InChI=1S/C20H17NO7.C18H15Cl2N3O5.C15H14O3.CH3.ClH.Pd/c22-17-10-11-18(23)21(17)28-20(25)27-16-8-6-14(7-9-16)12-19(24)26-13-15-4-2-1-3-5-15;19-13-2-1-3-14(20)12(13)9-15(24)22-17(21)23-18(27)28-11-6-4-10(5-7-11)8-16(25)26;16-14-8-6-12(7-9-14)10-15(17)18-11-13-4-2-1-3-5-13;;;/h1-9H,10-13H2;1-7H,8-9H2,(H,25,26)(H3,21,22,23,24,27);1-9,16H,10-11H2;1H3;1H;/q;;;-1;;. The van der Waals surface area contributed by atoms with Crippen molar-refractivity contribution in [1.29, 1.82) is 0 Å². The molecule has 0 radical (unpaired) electrons. The summed E-state index contributed by atoms with van der Waals surface area (Å²) in [5.74, 6) is -3.37. The Morgan fingerprint density at radius 1 is 0.584 bits per heavy atom. The first-order chi connectivity index (χ1) is 35.5. The Labute approximate surface area is 472 Å². The number of carboxylic acids is 1. The van der Waals surface area contributed by atoms with Gasteiger partial charge in [0.25, 0.3) is 11.8 Å². The van der Waals surface area contributed by atoms with Gasteiger partial charge >= 0.3 is 30.2 Å². The maximum Gasteiger partial charge on any atom is 0.539 e. The first kappa shape index (κ1) is 65.0. The van der Waals surface area contributed by atoms with Crippen LogP contribution in [0.3, 0.4) is 0 Å². The molecule has 5 N–H and O–H groups in total. The predicted molar refractivity (Wildman–Crippen MR) is 280 cm³/mol. The summed E-state index contributed by atoms with van der Waals surface area (Å²) in [5.41, 5.74) is 9.84. The van der Waals surface area contributed by atoms with E-state index in [0.717, 1.165) is 16.7 Å². The van der Waals surface area contributed by atoms with Crippen molar-refractivity contribution in [2.45, 2.75) is 51.7 Å². The zero-order valence-electron chi connectivity index (χ0n) is 40.7. The first-order valence-corrected chi connectivity index (χ1v) is 22.9. The van der Waals surface area contributed by atoms with Crippen molar-refractivity contribution >= 4 is 89.4 Å². The average Bonchev–Trinajstić information content (AvgIpc) is 3.68. The van der Waals surface area contributed by atoms with Crippen molar-refractivity contribution in [2.75, 3.05) is 0 Å². The summed E-state index contributed by atoms with van der Waals surface area (Å²) >= 11 is 12.0. The number of hydrogen-bond donors (Lipinski definition) is 4. The van der Waals surface area contributed by atoms with E-state index in [2.05, 4.69) is 15.1 Å². The van der Waals surface area contributed by atoms with Crippen LogP contribution in [0.25, 0.3) is 0 Å². The molecule has 0 atom stereocenters. The van der Waals surface area contributed by atoms with Crippen molar-refractivity contribution in [3.8, 4) is 17.2 Å². The molecule has 1 heterocycles. The molecule has 0 bridgehead atoms. The number of phenols is 1. The van der Waals surface area contributed by atoms with Crippen LogP contribution in [0.4, 0.5) is 9.59 Å². The summed E-state index contributed by atoms with van der Waals surface area (Å²) in [4.78, 5) is 100. The van der Waals surface area contributed by atoms with Gasteiger partial charge in [-0.2, -0.15) is 0 Å². The van der Waals surface area contributed by atoms with Gasteiger partial charge in [-0.1, -0.05) is 131 Å². The molecule has 408 valence electrons. The van der Waals surface area contributed by atoms with E-state index in [1.54, 1.807) is 54.6 Å². The van der Waals surface area contributed by atoms with Crippen molar-refractivity contribution in [2.24, 2.45) is 10.7 Å². The zero-order valence-corrected chi connectivity index (χ0v) is 44.6. The van der Waals surface area contributed by atoms with Gasteiger partial charge in [0.05, 0.1) is 25.7 Å². The number of nitrogens with one attached hydrogen (secondary N) is 1. The third-order valence-electron chi connectivity index (χ3n) is 9.78. The van der Waals surface area contributed by atoms with Gasteiger partial charge < -0.3 is 42.3 Å². The Bertz CT molecular complexity index is 2920. The Morgan fingerprint density at radius 2 is 1.01 bits per heavy atom. The molecule has 19 nitrogen and oxygen atoms in total. The van der Waals surface area contributed by atoms with Crippen molar-refractivity contribution in [3.05, 3.63) is 203 Å². The number of imide groups is 1. The van der Waals surface area contributed by atoms with Gasteiger partial charge in [-0.05, 0) is 81.9 Å². The molecule has 0 aromatic heterocycles. The quantitative estimate of drug-likeness (QED) is 0.0142. The van der Waals surface area contributed by atoms with E-state index in [-0.39, 0.29) is 121 Å². The molecule has 77 heavy (non-hydrogen) atoms. The number of nitrogens with zero attached hydrogens (tertiary/aromatic N) is 2. The molecule has 1 aliphatic heterocycles. The van der Waals surface area contributed by atoms with E-state index in [4.69, 9.17) is 58.1 Å². The molecule has 6 aromatic rings. The Morgan fingerprint density at radius 3 is 1.47 bits per heavy atom. The van der Waals surface area contributed by atoms with Crippen LogP contribution in [0, 0.1) is 7.43 Å². The molecule has 1 saturated heterocycles. The number of amides is 4. The van der Waals surface area contributed by atoms with Gasteiger partial charge in [0.2, 0.25) is 11.9 Å². The SMILES string of the molecule is Cl.NC(=NC(=O)Oc1ccc(CC(=O)O)cc1)NC(=O)Cc1c(Cl)cccc1Cl.O=C(Cc1ccc(O)cc1)OCc1ccccc1.O=C(Cc1ccc(OC(=O)ON2C(=O)CCC2=O)cc1)OCc1ccccc1.[CH3-].[Pd]. The van der Waals surface area contributed by atoms with Gasteiger partial charge in [0, 0.05) is 43.3 Å². The number of carbonyl (C=O) groups excluding carboxylic acids is 7. The molecule has 7 rings (SSSR count). The maximum atomic E-state index is 12.0. The molecule has 0 aliphatic carbocycles. The van der Waals surface area contributed by atoms with Crippen LogP contribution in [0.15, 0.2) is 157 Å². The third-order valence-corrected chi connectivity index (χ3v) is 10.5. The minimum atomic E-state index is -1.20. The number of esters is 2. The van der Waals surface area contributed by atoms with E-state index in [0.29, 0.717) is 31.8 Å². The maximum absolute atomic E-state index is 12.0. The monoisotopic (exact) mass is 1210 g/mol. The fourth-order valence-corrected chi connectivity index (χ4v) is 6.73. The first-order valence-electron chi connectivity index (χ1n) is 22.1. The van der Waals surface area contributed by atoms with Crippen LogP contribution in [-0.2, 0) is 102 Å². The fourth-order valence-electron chi connectivity index (χ4n) is 6.20. The summed E-state index contributed by atoms with van der Waals surface area (Å²) in [6.07, 6.45) is -2.28. The number of carboxylic acid groups (broad SMARTS) is 1. The molecule has 6 aromatic carbocycles. The molecule has 1 aliphatic rings. The molecule has 0 saturated carbocycles. The van der Waals surface area contributed by atoms with Gasteiger partial charge in [-0.15, -0.1) is 17.4 Å². The largest absolute Gasteiger partial charge is 0.539 e. The van der Waals surface area contributed by atoms with Gasteiger partial charge in [-0.3, -0.25) is 38.9 Å². The number of nitrogens with two attached hydrogens (primary N) is 1. The van der Waals surface area contributed by atoms with E-state index in [1.807, 2.05) is 60.7 Å². The molecule has 0 spiro atoms. The van der Waals surface area contributed by atoms with Crippen molar-refractivity contribution < 1.29 is 92.8 Å². The van der Waals surface area contributed by atoms with Gasteiger partial charge in [0.15, 0.2) is 0 Å². The molecule has 0 unspecified atom stereocenters. The second-order valence-corrected chi connectivity index (χ2v) is 16.3. The Hall–Kier alpha value is -8.12. The minimum Gasteiger partial charge on any atom is -0.508 e. The Kier molecular flexibility index (Phi) is 28.5. The number of aliphatic imine (C=N–C) groups is 1. The molecular formula is C54H50Cl3N4O15Pd-. The van der Waals surface area contributed by atoms with E-state index < -0.39 is 41.9 Å². The van der Waals surface area contributed by atoms with Crippen LogP contribution >= 0.6 is 35.6 Å². The number of hydrogen-bond acceptors (Lipinski definition) is 14. The van der Waals surface area contributed by atoms with Gasteiger partial charge in [-0.25, -0.2) is 9.59 Å². The summed E-state index contributed by atoms with van der Waals surface area (Å²) < 4.78 is 20.2. The van der Waals surface area contributed by atoms with Crippen LogP contribution in [-0.4, -0.2) is 69.1 Å². The summed E-state index contributed by atoms with van der Waals surface area (Å²) in [7, 11) is 0. The topological polar surface area (TPSA) is 277 Å². The minimum absolute atomic E-state index is 0. The van der Waals surface area contributed by atoms with Crippen molar-refractivity contribution in [3.63, 3.8) is 0 Å². The van der Waals surface area contributed by atoms with E-state index in [1.165, 1.54) is 36.4 Å². The number of guanidine groups is 1. The molecular weight excluding hydrogens is 1160 g/mol. The number of halogens is 3. The van der Waals surface area contributed by atoms with E-state index >= 15 is 0 Å².